The van der Waals surface area contributed by atoms with E-state index in [4.69, 9.17) is 0 Å². The molecule has 138 valence electrons. The predicted molar refractivity (Wildman–Crippen MR) is 104 cm³/mol. The molecule has 1 heterocycles. The van der Waals surface area contributed by atoms with Gasteiger partial charge in [0.2, 0.25) is 10.0 Å². The molecule has 1 aliphatic rings. The summed E-state index contributed by atoms with van der Waals surface area (Å²) in [5.41, 5.74) is 2.16. The van der Waals surface area contributed by atoms with Crippen molar-refractivity contribution in [2.45, 2.75) is 26.3 Å². The number of nitrogens with zero attached hydrogens (tertiary/aromatic N) is 2. The maximum Gasteiger partial charge on any atom is 0.254 e. The molecule has 0 bridgehead atoms. The summed E-state index contributed by atoms with van der Waals surface area (Å²) in [5, 5.41) is 0. The van der Waals surface area contributed by atoms with E-state index in [2.05, 4.69) is 0 Å². The van der Waals surface area contributed by atoms with Gasteiger partial charge in [0.05, 0.1) is 11.4 Å². The van der Waals surface area contributed by atoms with Crippen LogP contribution in [0.1, 0.15) is 35.7 Å². The lowest BCUT2D eigenvalue weighted by Crippen LogP contribution is -2.38. The fourth-order valence-electron chi connectivity index (χ4n) is 3.19. The second-order valence-corrected chi connectivity index (χ2v) is 8.46. The van der Waals surface area contributed by atoms with Crippen LogP contribution in [0.5, 0.6) is 0 Å². The third-order valence-corrected chi connectivity index (χ3v) is 6.49. The van der Waals surface area contributed by atoms with Crippen LogP contribution in [0.25, 0.3) is 0 Å². The zero-order valence-electron chi connectivity index (χ0n) is 15.0. The molecule has 0 atom stereocenters. The number of rotatable bonds is 5. The largest absolute Gasteiger partial charge is 0.335 e. The molecule has 0 radical (unpaired) electrons. The fourth-order valence-corrected chi connectivity index (χ4v) is 4.82. The summed E-state index contributed by atoms with van der Waals surface area (Å²) >= 11 is 0. The van der Waals surface area contributed by atoms with E-state index in [1.165, 1.54) is 4.31 Å². The molecule has 6 heteroatoms. The van der Waals surface area contributed by atoms with Gasteiger partial charge in [-0.25, -0.2) is 8.42 Å². The molecule has 0 unspecified atom stereocenters. The van der Waals surface area contributed by atoms with Gasteiger partial charge >= 0.3 is 0 Å². The molecular weight excluding hydrogens is 348 g/mol. The molecule has 0 saturated carbocycles. The number of carbonyl (C=O) groups excluding carboxylic acids is 1. The Balaban J connectivity index is 1.83. The summed E-state index contributed by atoms with van der Waals surface area (Å²) in [5.74, 6) is 0.0768. The van der Waals surface area contributed by atoms with Crippen LogP contribution in [0, 0.1) is 0 Å². The molecular formula is C20H24N2O3S. The number of carbonyl (C=O) groups is 1. The highest BCUT2D eigenvalue weighted by atomic mass is 32.2. The molecule has 1 fully saturated rings. The summed E-state index contributed by atoms with van der Waals surface area (Å²) < 4.78 is 26.1. The Kier molecular flexibility index (Phi) is 5.61. The van der Waals surface area contributed by atoms with Crippen molar-refractivity contribution in [3.05, 3.63) is 65.7 Å². The number of amides is 1. The zero-order chi connectivity index (χ0) is 18.6. The molecule has 0 aliphatic carbocycles. The summed E-state index contributed by atoms with van der Waals surface area (Å²) in [6.45, 7) is 3.53. The van der Waals surface area contributed by atoms with Crippen molar-refractivity contribution >= 4 is 21.6 Å². The predicted octanol–water partition coefficient (Wildman–Crippen LogP) is 3.28. The summed E-state index contributed by atoms with van der Waals surface area (Å²) in [4.78, 5) is 14.7. The zero-order valence-corrected chi connectivity index (χ0v) is 15.8. The molecule has 0 spiro atoms. The molecule has 1 amide bonds. The minimum atomic E-state index is -3.28. The fraction of sp³-hybridized carbons (Fsp3) is 0.350. The summed E-state index contributed by atoms with van der Waals surface area (Å²) in [7, 11) is -3.28. The number of benzene rings is 2. The molecule has 3 rings (SSSR count). The van der Waals surface area contributed by atoms with Gasteiger partial charge in [-0.1, -0.05) is 36.4 Å². The quantitative estimate of drug-likeness (QED) is 0.809. The van der Waals surface area contributed by atoms with Crippen LogP contribution in [-0.2, 0) is 16.6 Å². The van der Waals surface area contributed by atoms with E-state index < -0.39 is 10.0 Å². The topological polar surface area (TPSA) is 57.7 Å². The van der Waals surface area contributed by atoms with Crippen LogP contribution in [-0.4, -0.2) is 38.1 Å². The monoisotopic (exact) mass is 372 g/mol. The molecule has 2 aromatic rings. The van der Waals surface area contributed by atoms with E-state index in [1.807, 2.05) is 37.3 Å². The number of hydrogen-bond acceptors (Lipinski definition) is 3. The van der Waals surface area contributed by atoms with E-state index in [0.717, 1.165) is 12.0 Å². The van der Waals surface area contributed by atoms with Gasteiger partial charge in [-0.3, -0.25) is 9.10 Å². The number of hydrogen-bond donors (Lipinski definition) is 0. The lowest BCUT2D eigenvalue weighted by molar-refractivity contribution is 0.0752. The van der Waals surface area contributed by atoms with Gasteiger partial charge in [0.15, 0.2) is 0 Å². The van der Waals surface area contributed by atoms with E-state index in [0.29, 0.717) is 37.3 Å². The normalized spacial score (nSPS) is 16.3. The van der Waals surface area contributed by atoms with Gasteiger partial charge in [-0.15, -0.1) is 0 Å². The van der Waals surface area contributed by atoms with Crippen molar-refractivity contribution in [2.75, 3.05) is 23.1 Å². The van der Waals surface area contributed by atoms with Crippen LogP contribution >= 0.6 is 0 Å². The highest BCUT2D eigenvalue weighted by Crippen LogP contribution is 2.25. The van der Waals surface area contributed by atoms with Gasteiger partial charge in [-0.2, -0.15) is 0 Å². The third-order valence-electron chi connectivity index (χ3n) is 4.62. The second kappa shape index (κ2) is 7.91. The maximum absolute atomic E-state index is 12.9. The third kappa shape index (κ3) is 4.07. The Labute approximate surface area is 155 Å². The molecule has 1 aliphatic heterocycles. The standard InChI is InChI=1S/C20H24N2O3S/c1-2-21(16-17-9-4-3-5-10-17)20(23)18-11-8-12-19(15-18)22-13-6-7-14-26(22,24)25/h3-5,8-12,15H,2,6-7,13-14,16H2,1H3. The average Bonchev–Trinajstić information content (AvgIpc) is 2.66. The number of sulfonamides is 1. The smallest absolute Gasteiger partial charge is 0.254 e. The molecule has 0 N–H and O–H groups in total. The number of anilines is 1. The van der Waals surface area contributed by atoms with Crippen LogP contribution in [0.4, 0.5) is 5.69 Å². The van der Waals surface area contributed by atoms with Crippen LogP contribution in [0.2, 0.25) is 0 Å². The van der Waals surface area contributed by atoms with Crippen LogP contribution in [0.3, 0.4) is 0 Å². The Morgan fingerprint density at radius 3 is 2.54 bits per heavy atom. The molecule has 5 nitrogen and oxygen atoms in total. The van der Waals surface area contributed by atoms with Crippen LogP contribution < -0.4 is 4.31 Å². The van der Waals surface area contributed by atoms with Crippen molar-refractivity contribution in [1.82, 2.24) is 4.90 Å². The van der Waals surface area contributed by atoms with E-state index in [9.17, 15) is 13.2 Å². The van der Waals surface area contributed by atoms with Gasteiger partial charge in [0.25, 0.3) is 5.91 Å². The summed E-state index contributed by atoms with van der Waals surface area (Å²) in [6.07, 6.45) is 1.53. The first kappa shape index (κ1) is 18.5. The minimum absolute atomic E-state index is 0.0902. The van der Waals surface area contributed by atoms with Gasteiger partial charge < -0.3 is 4.90 Å². The molecule has 0 aromatic heterocycles. The van der Waals surface area contributed by atoms with Gasteiger partial charge in [-0.05, 0) is 43.5 Å². The lowest BCUT2D eigenvalue weighted by Gasteiger charge is -2.29. The first-order valence-electron chi connectivity index (χ1n) is 8.95. The maximum atomic E-state index is 12.9. The SMILES string of the molecule is CCN(Cc1ccccc1)C(=O)c1cccc(N2CCCCS2(=O)=O)c1. The Hall–Kier alpha value is -2.34. The first-order valence-corrected chi connectivity index (χ1v) is 10.6. The van der Waals surface area contributed by atoms with Gasteiger partial charge in [0, 0.05) is 25.2 Å². The summed E-state index contributed by atoms with van der Waals surface area (Å²) in [6, 6.07) is 16.8. The van der Waals surface area contributed by atoms with Crippen molar-refractivity contribution in [3.8, 4) is 0 Å². The highest BCUT2D eigenvalue weighted by Gasteiger charge is 2.26. The Morgan fingerprint density at radius 2 is 1.85 bits per heavy atom. The van der Waals surface area contributed by atoms with E-state index in [-0.39, 0.29) is 11.7 Å². The average molecular weight is 372 g/mol. The van der Waals surface area contributed by atoms with Crippen molar-refractivity contribution in [2.24, 2.45) is 0 Å². The Morgan fingerprint density at radius 1 is 1.08 bits per heavy atom. The van der Waals surface area contributed by atoms with Crippen molar-refractivity contribution < 1.29 is 13.2 Å². The lowest BCUT2D eigenvalue weighted by atomic mass is 10.1. The molecule has 1 saturated heterocycles. The second-order valence-electron chi connectivity index (χ2n) is 6.45. The molecule has 26 heavy (non-hydrogen) atoms. The molecule has 2 aromatic carbocycles. The van der Waals surface area contributed by atoms with E-state index >= 15 is 0 Å². The van der Waals surface area contributed by atoms with Crippen molar-refractivity contribution in [3.63, 3.8) is 0 Å². The van der Waals surface area contributed by atoms with E-state index in [1.54, 1.807) is 29.2 Å². The minimum Gasteiger partial charge on any atom is -0.335 e. The Bertz CT molecular complexity index is 866. The first-order chi connectivity index (χ1) is 12.5. The highest BCUT2D eigenvalue weighted by molar-refractivity contribution is 7.92. The van der Waals surface area contributed by atoms with Crippen molar-refractivity contribution in [1.29, 1.82) is 0 Å². The van der Waals surface area contributed by atoms with Crippen LogP contribution in [0.15, 0.2) is 54.6 Å². The van der Waals surface area contributed by atoms with Gasteiger partial charge in [0.1, 0.15) is 0 Å².